The number of nitrogens with one attached hydrogen (secondary N) is 5. The quantitative estimate of drug-likeness (QED) is 0.0608. The van der Waals surface area contributed by atoms with E-state index in [-0.39, 0.29) is 30.1 Å². The number of aromatic amines is 3. The first-order valence-corrected chi connectivity index (χ1v) is 22.8. The van der Waals surface area contributed by atoms with Gasteiger partial charge in [0.2, 0.25) is 5.91 Å². The molecule has 0 aliphatic rings. The van der Waals surface area contributed by atoms with Crippen molar-refractivity contribution in [3.05, 3.63) is 198 Å². The minimum Gasteiger partial charge on any atom is -0.496 e. The van der Waals surface area contributed by atoms with Gasteiger partial charge in [-0.3, -0.25) is 9.59 Å². The number of carbonyl (C=O) groups is 2. The Hall–Kier alpha value is -7.76. The lowest BCUT2D eigenvalue weighted by molar-refractivity contribution is -0.140. The highest BCUT2D eigenvalue weighted by molar-refractivity contribution is 5.83. The number of benzene rings is 6. The highest BCUT2D eigenvalue weighted by atomic mass is 16.5. The third-order valence-corrected chi connectivity index (χ3v) is 12.4. The van der Waals surface area contributed by atoms with Crippen LogP contribution in [0.5, 0.6) is 17.2 Å². The molecule has 0 spiro atoms. The minimum absolute atomic E-state index is 0.00693. The number of esters is 1. The molecule has 6 aromatic carbocycles. The number of rotatable bonds is 16. The molecule has 9 rings (SSSR count). The Morgan fingerprint density at radius 2 is 0.868 bits per heavy atom. The normalized spacial score (nSPS) is 12.2. The molecule has 11 nitrogen and oxygen atoms in total. The molecular formula is C57H61N5O6. The maximum Gasteiger partial charge on any atom is 0.306 e. The lowest BCUT2D eigenvalue weighted by Crippen LogP contribution is -2.21. The number of methoxy groups -OCH3 is 4. The summed E-state index contributed by atoms with van der Waals surface area (Å²) < 4.78 is 21.4. The second-order valence-electron chi connectivity index (χ2n) is 16.4. The topological polar surface area (TPSA) is 142 Å². The molecular weight excluding hydrogens is 851 g/mol. The Morgan fingerprint density at radius 1 is 0.485 bits per heavy atom. The second-order valence-corrected chi connectivity index (χ2v) is 16.4. The Kier molecular flexibility index (Phi) is 16.7. The van der Waals surface area contributed by atoms with Gasteiger partial charge in [0.1, 0.15) is 17.2 Å². The van der Waals surface area contributed by atoms with Gasteiger partial charge in [-0.25, -0.2) is 0 Å². The van der Waals surface area contributed by atoms with Crippen molar-refractivity contribution in [2.24, 2.45) is 0 Å². The first kappa shape index (κ1) is 48.2. The van der Waals surface area contributed by atoms with Gasteiger partial charge in [-0.15, -0.1) is 0 Å². The van der Waals surface area contributed by atoms with Crippen LogP contribution >= 0.6 is 0 Å². The maximum absolute atomic E-state index is 12.0. The summed E-state index contributed by atoms with van der Waals surface area (Å²) in [5.41, 5.74) is 9.99. The molecule has 3 atom stereocenters. The van der Waals surface area contributed by atoms with Crippen molar-refractivity contribution in [2.45, 2.75) is 37.0 Å². The monoisotopic (exact) mass is 911 g/mol. The Labute approximate surface area is 398 Å². The van der Waals surface area contributed by atoms with Crippen LogP contribution in [0.25, 0.3) is 32.7 Å². The molecule has 0 aliphatic heterocycles. The number of amides is 1. The number of H-pyrrole nitrogens is 3. The maximum atomic E-state index is 12.0. The fraction of sp³-hybridized carbons (Fsp3) is 0.228. The molecule has 0 bridgehead atoms. The van der Waals surface area contributed by atoms with Crippen molar-refractivity contribution in [3.8, 4) is 17.2 Å². The van der Waals surface area contributed by atoms with E-state index in [4.69, 9.17) is 18.9 Å². The van der Waals surface area contributed by atoms with E-state index in [1.807, 2.05) is 98.4 Å². The third-order valence-electron chi connectivity index (χ3n) is 12.4. The van der Waals surface area contributed by atoms with Crippen LogP contribution in [0.1, 0.15) is 70.4 Å². The Bertz CT molecular complexity index is 2900. The number of carbonyl (C=O) groups excluding carboxylic acids is 2. The minimum atomic E-state index is -0.243. The molecule has 68 heavy (non-hydrogen) atoms. The largest absolute Gasteiger partial charge is 0.496 e. The Balaban J connectivity index is 0.000000151. The van der Waals surface area contributed by atoms with Gasteiger partial charge in [-0.2, -0.15) is 0 Å². The third kappa shape index (κ3) is 11.6. The summed E-state index contributed by atoms with van der Waals surface area (Å²) >= 11 is 0. The van der Waals surface area contributed by atoms with E-state index in [9.17, 15) is 9.59 Å². The van der Waals surface area contributed by atoms with Gasteiger partial charge in [-0.05, 0) is 107 Å². The predicted molar refractivity (Wildman–Crippen MR) is 273 cm³/mol. The van der Waals surface area contributed by atoms with E-state index < -0.39 is 0 Å². The molecule has 0 radical (unpaired) electrons. The number of aromatic nitrogens is 3. The molecule has 0 saturated heterocycles. The molecule has 350 valence electrons. The summed E-state index contributed by atoms with van der Waals surface area (Å²) in [5.74, 6) is 2.43. The van der Waals surface area contributed by atoms with Crippen LogP contribution in [0, 0.1) is 0 Å². The summed E-state index contributed by atoms with van der Waals surface area (Å²) in [4.78, 5) is 33.7. The first-order valence-electron chi connectivity index (χ1n) is 22.8. The van der Waals surface area contributed by atoms with Crippen molar-refractivity contribution < 1.29 is 28.5 Å². The van der Waals surface area contributed by atoms with Gasteiger partial charge >= 0.3 is 5.97 Å². The van der Waals surface area contributed by atoms with Crippen LogP contribution in [0.2, 0.25) is 0 Å². The molecule has 0 aliphatic carbocycles. The highest BCUT2D eigenvalue weighted by Gasteiger charge is 2.24. The van der Waals surface area contributed by atoms with E-state index in [0.29, 0.717) is 12.3 Å². The van der Waals surface area contributed by atoms with E-state index in [0.717, 1.165) is 74.3 Å². The van der Waals surface area contributed by atoms with Crippen LogP contribution in [0.4, 0.5) is 0 Å². The van der Waals surface area contributed by atoms with Crippen molar-refractivity contribution in [1.29, 1.82) is 0 Å². The van der Waals surface area contributed by atoms with Crippen LogP contribution in [-0.4, -0.2) is 75.9 Å². The number of hydrogen-bond donors (Lipinski definition) is 5. The summed E-state index contributed by atoms with van der Waals surface area (Å²) in [7, 11) is 10.1. The average Bonchev–Trinajstić information content (AvgIpc) is 4.19. The molecule has 3 unspecified atom stereocenters. The summed E-state index contributed by atoms with van der Waals surface area (Å²) in [6.45, 7) is 0.964. The van der Waals surface area contributed by atoms with Gasteiger partial charge in [-0.1, -0.05) is 91.0 Å². The highest BCUT2D eigenvalue weighted by Crippen LogP contribution is 2.38. The number of fused-ring (bicyclic) bond motifs is 3. The fourth-order valence-electron chi connectivity index (χ4n) is 8.85. The van der Waals surface area contributed by atoms with Crippen LogP contribution in [0.15, 0.2) is 164 Å². The smallest absolute Gasteiger partial charge is 0.306 e. The van der Waals surface area contributed by atoms with Crippen molar-refractivity contribution >= 4 is 44.6 Å². The summed E-state index contributed by atoms with van der Waals surface area (Å²) in [6.07, 6.45) is 7.49. The molecule has 11 heteroatoms. The molecule has 3 aromatic heterocycles. The summed E-state index contributed by atoms with van der Waals surface area (Å²) in [6, 6.07) is 49.2. The lowest BCUT2D eigenvalue weighted by Gasteiger charge is -2.20. The fourth-order valence-corrected chi connectivity index (χ4v) is 8.85. The van der Waals surface area contributed by atoms with Crippen LogP contribution < -0.4 is 24.8 Å². The van der Waals surface area contributed by atoms with Gasteiger partial charge in [0, 0.05) is 83.1 Å². The van der Waals surface area contributed by atoms with Gasteiger partial charge in [0.25, 0.3) is 0 Å². The van der Waals surface area contributed by atoms with Crippen molar-refractivity contribution in [1.82, 2.24) is 25.6 Å². The zero-order valence-corrected chi connectivity index (χ0v) is 39.6. The van der Waals surface area contributed by atoms with Gasteiger partial charge in [0.15, 0.2) is 0 Å². The predicted octanol–water partition coefficient (Wildman–Crippen LogP) is 11.2. The van der Waals surface area contributed by atoms with E-state index in [1.165, 1.54) is 29.1 Å². The number of para-hydroxylation sites is 3. The van der Waals surface area contributed by atoms with E-state index in [2.05, 4.69) is 98.4 Å². The first-order chi connectivity index (χ1) is 33.3. The zero-order chi connectivity index (χ0) is 47.8. The molecule has 1 amide bonds. The van der Waals surface area contributed by atoms with Crippen LogP contribution in [0.3, 0.4) is 0 Å². The molecule has 9 aromatic rings. The zero-order valence-electron chi connectivity index (χ0n) is 39.6. The van der Waals surface area contributed by atoms with Crippen molar-refractivity contribution in [3.63, 3.8) is 0 Å². The van der Waals surface area contributed by atoms with E-state index >= 15 is 0 Å². The molecule has 3 heterocycles. The van der Waals surface area contributed by atoms with Gasteiger partial charge in [0.05, 0.1) is 34.9 Å². The lowest BCUT2D eigenvalue weighted by atomic mass is 9.87. The van der Waals surface area contributed by atoms with Crippen molar-refractivity contribution in [2.75, 3.05) is 49.1 Å². The SMILES string of the molecule is CNC(=O)CC(c1ccc2cc[nH]c2c1)c1ccccc1OC.CNCCC(c1ccc2cc[nH]c2c1)c1ccccc1OC.COC(=O)CC(c1ccc2cc[nH]c2c1)c1ccccc1OC. The number of hydrogen-bond acceptors (Lipinski definition) is 7. The second kappa shape index (κ2) is 23.6. The average molecular weight is 912 g/mol. The van der Waals surface area contributed by atoms with Crippen LogP contribution in [-0.2, 0) is 14.3 Å². The Morgan fingerprint density at radius 3 is 1.25 bits per heavy atom. The molecule has 5 N–H and O–H groups in total. The molecule has 0 fully saturated rings. The number of ether oxygens (including phenoxy) is 4. The standard InChI is InChI=1S/C19H20N2O2.C19H22N2O.C19H19NO3/c1-20-19(22)12-16(15-5-3-4-6-18(15)23-2)14-8-7-13-9-10-21-17(13)11-14;1-20-11-10-16(17-5-3-4-6-19(17)22-2)15-8-7-14-9-12-21-18(14)13-15;1-22-18-6-4-3-5-15(18)16(12-19(21)23-2)14-8-7-13-9-10-20-17(13)11-14/h3-11,16,21H,12H2,1-2H3,(H,20,22);3-9,12-13,16,20-21H,10-11H2,1-2H3;3-11,16,20H,12H2,1-2H3. The molecule has 0 saturated carbocycles. The van der Waals surface area contributed by atoms with E-state index in [1.54, 1.807) is 28.4 Å². The summed E-state index contributed by atoms with van der Waals surface area (Å²) in [5, 5.41) is 9.53. The van der Waals surface area contributed by atoms with Gasteiger partial charge < -0.3 is 44.5 Å².